The highest BCUT2D eigenvalue weighted by Gasteiger charge is 2.40. The fourth-order valence-corrected chi connectivity index (χ4v) is 4.50. The number of rotatable bonds is 8. The molecule has 4 heterocycles. The van der Waals surface area contributed by atoms with E-state index in [0.717, 1.165) is 18.7 Å². The van der Waals surface area contributed by atoms with E-state index in [0.29, 0.717) is 23.7 Å². The van der Waals surface area contributed by atoms with Crippen LogP contribution in [-0.4, -0.2) is 70.6 Å². The highest BCUT2D eigenvalue weighted by molar-refractivity contribution is 6.05. The van der Waals surface area contributed by atoms with Gasteiger partial charge in [0.25, 0.3) is 5.91 Å². The largest absolute Gasteiger partial charge is 0.491 e. The fraction of sp³-hybridized carbons (Fsp3) is 0.308. The molecule has 3 aromatic rings. The molecule has 1 fully saturated rings. The first-order valence-corrected chi connectivity index (χ1v) is 12.2. The molecule has 2 aliphatic heterocycles. The number of urea groups is 1. The van der Waals surface area contributed by atoms with E-state index in [4.69, 9.17) is 9.84 Å². The van der Waals surface area contributed by atoms with Gasteiger partial charge in [0.15, 0.2) is 5.82 Å². The van der Waals surface area contributed by atoms with Crippen LogP contribution in [0, 0.1) is 5.82 Å². The Morgan fingerprint density at radius 2 is 2.08 bits per heavy atom. The third kappa shape index (κ3) is 5.50. The molecular weight excluding hydrogens is 495 g/mol. The van der Waals surface area contributed by atoms with Crippen LogP contribution in [0.25, 0.3) is 0 Å². The third-order valence-corrected chi connectivity index (χ3v) is 6.36. The van der Waals surface area contributed by atoms with Crippen LogP contribution in [0.15, 0.2) is 54.7 Å². The van der Waals surface area contributed by atoms with Crippen molar-refractivity contribution in [3.8, 4) is 5.75 Å². The number of amides is 3. The van der Waals surface area contributed by atoms with E-state index in [1.54, 1.807) is 35.2 Å². The highest BCUT2D eigenvalue weighted by atomic mass is 19.1. The molecule has 5 rings (SSSR count). The van der Waals surface area contributed by atoms with Crippen molar-refractivity contribution in [3.05, 3.63) is 71.8 Å². The van der Waals surface area contributed by atoms with Crippen molar-refractivity contribution in [2.75, 3.05) is 41.4 Å². The van der Waals surface area contributed by atoms with Crippen LogP contribution in [0.3, 0.4) is 0 Å². The lowest BCUT2D eigenvalue weighted by Gasteiger charge is -2.35. The number of fused-ring (bicyclic) bond motifs is 4. The molecule has 2 atom stereocenters. The smallest absolute Gasteiger partial charge is 0.329 e. The Hall–Kier alpha value is -4.29. The minimum absolute atomic E-state index is 0.112. The number of carbonyl (C=O) groups is 2. The van der Waals surface area contributed by atoms with Crippen molar-refractivity contribution in [1.29, 1.82) is 0 Å². The van der Waals surface area contributed by atoms with E-state index in [9.17, 15) is 19.1 Å². The van der Waals surface area contributed by atoms with Crippen molar-refractivity contribution in [2.45, 2.75) is 25.1 Å². The predicted molar refractivity (Wildman–Crippen MR) is 137 cm³/mol. The van der Waals surface area contributed by atoms with Crippen LogP contribution >= 0.6 is 0 Å². The van der Waals surface area contributed by atoms with Crippen molar-refractivity contribution >= 4 is 29.3 Å². The monoisotopic (exact) mass is 522 g/mol. The molecule has 0 saturated carbocycles. The van der Waals surface area contributed by atoms with E-state index in [1.165, 1.54) is 24.4 Å². The van der Waals surface area contributed by atoms with Gasteiger partial charge in [-0.05, 0) is 42.3 Å². The Balaban J connectivity index is 1.33. The van der Waals surface area contributed by atoms with Crippen LogP contribution < -0.4 is 25.2 Å². The zero-order valence-electron chi connectivity index (χ0n) is 20.4. The second kappa shape index (κ2) is 11.0. The lowest BCUT2D eigenvalue weighted by molar-refractivity contribution is 0.0536. The van der Waals surface area contributed by atoms with E-state index >= 15 is 0 Å². The summed E-state index contributed by atoms with van der Waals surface area (Å²) >= 11 is 0. The average molecular weight is 523 g/mol. The summed E-state index contributed by atoms with van der Waals surface area (Å²) in [6.45, 7) is 0.984. The van der Waals surface area contributed by atoms with Gasteiger partial charge in [-0.25, -0.2) is 19.2 Å². The van der Waals surface area contributed by atoms with E-state index in [-0.39, 0.29) is 36.5 Å². The second-order valence-electron chi connectivity index (χ2n) is 9.06. The number of aromatic nitrogens is 2. The minimum atomic E-state index is -1.03. The van der Waals surface area contributed by atoms with Gasteiger partial charge < -0.3 is 25.2 Å². The Morgan fingerprint density at radius 3 is 2.89 bits per heavy atom. The van der Waals surface area contributed by atoms with Gasteiger partial charge in [0.05, 0.1) is 18.3 Å². The molecule has 3 amide bonds. The Bertz CT molecular complexity index is 1340. The first-order chi connectivity index (χ1) is 18.4. The first kappa shape index (κ1) is 25.4. The van der Waals surface area contributed by atoms with E-state index in [1.807, 2.05) is 0 Å². The zero-order chi connectivity index (χ0) is 26.6. The quantitative estimate of drug-likeness (QED) is 0.352. The van der Waals surface area contributed by atoms with Gasteiger partial charge in [-0.1, -0.05) is 12.1 Å². The molecular formula is C26H27FN6O5. The number of aliphatic hydroxyl groups is 2. The van der Waals surface area contributed by atoms with Crippen LogP contribution in [0.4, 0.5) is 26.5 Å². The number of hydrogen-bond donors (Lipinski definition) is 4. The molecule has 11 nitrogen and oxygen atoms in total. The molecule has 2 aliphatic rings. The molecule has 4 N–H and O–H groups in total. The SMILES string of the molecule is O=C(NCc1cccc(F)c1)c1ccc2c(n1)N(C(=O)Nc1cc(OCC(O)CO)ccn1)[C@H]1CCN2C1. The Labute approximate surface area is 217 Å². The number of pyridine rings is 2. The zero-order valence-corrected chi connectivity index (χ0v) is 20.4. The van der Waals surface area contributed by atoms with Gasteiger partial charge in [0.1, 0.15) is 35.8 Å². The Kier molecular flexibility index (Phi) is 7.33. The summed E-state index contributed by atoms with van der Waals surface area (Å²) in [6, 6.07) is 11.8. The molecule has 198 valence electrons. The molecule has 2 bridgehead atoms. The molecule has 1 saturated heterocycles. The number of ether oxygens (including phenoxy) is 1. The van der Waals surface area contributed by atoms with Gasteiger partial charge in [-0.15, -0.1) is 0 Å². The number of nitrogens with one attached hydrogen (secondary N) is 2. The van der Waals surface area contributed by atoms with Crippen molar-refractivity contribution in [3.63, 3.8) is 0 Å². The molecule has 2 aromatic heterocycles. The number of anilines is 3. The molecule has 1 unspecified atom stereocenters. The molecule has 12 heteroatoms. The minimum Gasteiger partial charge on any atom is -0.491 e. The molecule has 0 spiro atoms. The van der Waals surface area contributed by atoms with Crippen LogP contribution in [-0.2, 0) is 6.54 Å². The van der Waals surface area contributed by atoms with Crippen LogP contribution in [0.2, 0.25) is 0 Å². The Morgan fingerprint density at radius 1 is 1.21 bits per heavy atom. The topological polar surface area (TPSA) is 140 Å². The molecule has 0 aliphatic carbocycles. The van der Waals surface area contributed by atoms with Crippen molar-refractivity contribution in [2.24, 2.45) is 0 Å². The maximum atomic E-state index is 13.5. The number of benzene rings is 1. The number of hydrogen-bond acceptors (Lipinski definition) is 8. The third-order valence-electron chi connectivity index (χ3n) is 6.36. The van der Waals surface area contributed by atoms with Gasteiger partial charge in [0, 0.05) is 31.9 Å². The normalized spacial score (nSPS) is 16.6. The number of halogens is 1. The number of carbonyl (C=O) groups excluding carboxylic acids is 2. The highest BCUT2D eigenvalue weighted by Crippen LogP contribution is 2.39. The summed E-state index contributed by atoms with van der Waals surface area (Å²) in [5.41, 5.74) is 1.50. The van der Waals surface area contributed by atoms with Crippen LogP contribution in [0.5, 0.6) is 5.75 Å². The fourth-order valence-electron chi connectivity index (χ4n) is 4.50. The van der Waals surface area contributed by atoms with E-state index < -0.39 is 24.6 Å². The molecule has 1 aromatic carbocycles. The maximum Gasteiger partial charge on any atom is 0.329 e. The summed E-state index contributed by atoms with van der Waals surface area (Å²) in [5, 5.41) is 24.0. The first-order valence-electron chi connectivity index (χ1n) is 12.2. The molecule has 0 radical (unpaired) electrons. The standard InChI is InChI=1S/C26H27FN6O5/c27-17-3-1-2-16(10-17)12-29-25(36)21-4-5-22-24(30-21)33(18-7-9-32(22)13-18)26(37)31-23-11-20(6-8-28-23)38-15-19(35)14-34/h1-6,8,10-11,18-19,34-35H,7,9,12-15H2,(H,29,36)(H,28,31,37)/t18-,19?/m0/s1. The van der Waals surface area contributed by atoms with Gasteiger partial charge in [-0.3, -0.25) is 15.0 Å². The predicted octanol–water partition coefficient (Wildman–Crippen LogP) is 1.91. The summed E-state index contributed by atoms with van der Waals surface area (Å²) < 4.78 is 18.9. The average Bonchev–Trinajstić information content (AvgIpc) is 3.34. The van der Waals surface area contributed by atoms with Gasteiger partial charge >= 0.3 is 6.03 Å². The van der Waals surface area contributed by atoms with E-state index in [2.05, 4.69) is 25.5 Å². The van der Waals surface area contributed by atoms with Crippen LogP contribution in [0.1, 0.15) is 22.5 Å². The lowest BCUT2D eigenvalue weighted by Crippen LogP contribution is -2.48. The number of nitrogens with zero attached hydrogens (tertiary/aromatic N) is 4. The second-order valence-corrected chi connectivity index (χ2v) is 9.06. The molecule has 38 heavy (non-hydrogen) atoms. The summed E-state index contributed by atoms with van der Waals surface area (Å²) in [5.74, 6) is 0.139. The number of aliphatic hydroxyl groups excluding tert-OH is 2. The summed E-state index contributed by atoms with van der Waals surface area (Å²) in [7, 11) is 0. The van der Waals surface area contributed by atoms with Crippen molar-refractivity contribution in [1.82, 2.24) is 15.3 Å². The van der Waals surface area contributed by atoms with Crippen molar-refractivity contribution < 1.29 is 28.9 Å². The summed E-state index contributed by atoms with van der Waals surface area (Å²) in [6.07, 6.45) is 1.17. The summed E-state index contributed by atoms with van der Waals surface area (Å²) in [4.78, 5) is 38.7. The maximum absolute atomic E-state index is 13.5. The van der Waals surface area contributed by atoms with Gasteiger partial charge in [-0.2, -0.15) is 0 Å². The van der Waals surface area contributed by atoms with Gasteiger partial charge in [0.2, 0.25) is 0 Å². The lowest BCUT2D eigenvalue weighted by atomic mass is 10.1.